The Balaban J connectivity index is 1.36. The molecule has 1 unspecified atom stereocenters. The predicted octanol–water partition coefficient (Wildman–Crippen LogP) is 3.57. The van der Waals surface area contributed by atoms with Gasteiger partial charge in [0.2, 0.25) is 0 Å². The standard InChI is InChI=1S/C22H22N6/c1-2-11-24-20(7-1)16-27-12-4-6-19(14-27)22-25-21-9-8-18(15-28(21)26-22)17-5-3-10-23-13-17/h1-3,5,7-11,13,15,19H,4,6,12,14,16H2. The Bertz CT molecular complexity index is 1060. The lowest BCUT2D eigenvalue weighted by molar-refractivity contribution is 0.194. The van der Waals surface area contributed by atoms with E-state index in [0.717, 1.165) is 60.8 Å². The van der Waals surface area contributed by atoms with Crippen LogP contribution in [0, 0.1) is 0 Å². The summed E-state index contributed by atoms with van der Waals surface area (Å²) in [4.78, 5) is 15.9. The van der Waals surface area contributed by atoms with Crippen molar-refractivity contribution in [1.29, 1.82) is 0 Å². The van der Waals surface area contributed by atoms with E-state index in [0.29, 0.717) is 5.92 Å². The van der Waals surface area contributed by atoms with E-state index < -0.39 is 0 Å². The average molecular weight is 370 g/mol. The predicted molar refractivity (Wildman–Crippen MR) is 108 cm³/mol. The molecule has 6 heteroatoms. The van der Waals surface area contributed by atoms with E-state index >= 15 is 0 Å². The molecule has 1 aliphatic rings. The zero-order valence-corrected chi connectivity index (χ0v) is 15.6. The highest BCUT2D eigenvalue weighted by atomic mass is 15.3. The van der Waals surface area contributed by atoms with Gasteiger partial charge in [-0.3, -0.25) is 14.9 Å². The lowest BCUT2D eigenvalue weighted by Gasteiger charge is -2.31. The fourth-order valence-electron chi connectivity index (χ4n) is 3.91. The van der Waals surface area contributed by atoms with E-state index in [-0.39, 0.29) is 0 Å². The van der Waals surface area contributed by atoms with Crippen molar-refractivity contribution < 1.29 is 0 Å². The lowest BCUT2D eigenvalue weighted by atomic mass is 9.97. The SMILES string of the molecule is c1ccc(CN2CCCC(c3nc4ccc(-c5cccnc5)cn4n3)C2)nc1. The minimum Gasteiger partial charge on any atom is -0.297 e. The summed E-state index contributed by atoms with van der Waals surface area (Å²) in [6.45, 7) is 2.96. The summed E-state index contributed by atoms with van der Waals surface area (Å²) < 4.78 is 1.90. The van der Waals surface area contributed by atoms with Crippen LogP contribution in [0.2, 0.25) is 0 Å². The molecular formula is C22H22N6. The maximum absolute atomic E-state index is 4.81. The molecule has 0 radical (unpaired) electrons. The second-order valence-corrected chi connectivity index (χ2v) is 7.33. The van der Waals surface area contributed by atoms with E-state index in [2.05, 4.69) is 33.1 Å². The Kier molecular flexibility index (Phi) is 4.54. The number of piperidine rings is 1. The van der Waals surface area contributed by atoms with Gasteiger partial charge in [0.05, 0.1) is 5.69 Å². The molecule has 4 aromatic rings. The van der Waals surface area contributed by atoms with Crippen LogP contribution in [-0.2, 0) is 6.54 Å². The van der Waals surface area contributed by atoms with Gasteiger partial charge in [-0.05, 0) is 49.7 Å². The quantitative estimate of drug-likeness (QED) is 0.550. The van der Waals surface area contributed by atoms with Gasteiger partial charge in [-0.1, -0.05) is 12.1 Å². The summed E-state index contributed by atoms with van der Waals surface area (Å²) in [5.41, 5.74) is 4.19. The molecule has 5 rings (SSSR count). The van der Waals surface area contributed by atoms with E-state index in [9.17, 15) is 0 Å². The number of aromatic nitrogens is 5. The van der Waals surface area contributed by atoms with Crippen LogP contribution in [-0.4, -0.2) is 42.6 Å². The summed E-state index contributed by atoms with van der Waals surface area (Å²) in [6, 6.07) is 14.2. The van der Waals surface area contributed by atoms with Crippen LogP contribution in [0.25, 0.3) is 16.8 Å². The topological polar surface area (TPSA) is 59.2 Å². The second-order valence-electron chi connectivity index (χ2n) is 7.33. The first-order valence-corrected chi connectivity index (χ1v) is 9.74. The van der Waals surface area contributed by atoms with Crippen LogP contribution < -0.4 is 0 Å². The monoisotopic (exact) mass is 370 g/mol. The van der Waals surface area contributed by atoms with Gasteiger partial charge in [-0.15, -0.1) is 0 Å². The fraction of sp³-hybridized carbons (Fsp3) is 0.273. The van der Waals surface area contributed by atoms with Gasteiger partial charge in [-0.25, -0.2) is 9.50 Å². The third-order valence-corrected chi connectivity index (χ3v) is 5.32. The number of fused-ring (bicyclic) bond motifs is 1. The molecule has 140 valence electrons. The van der Waals surface area contributed by atoms with E-state index in [1.54, 1.807) is 6.20 Å². The number of rotatable bonds is 4. The minimum atomic E-state index is 0.360. The highest BCUT2D eigenvalue weighted by Gasteiger charge is 2.25. The molecule has 0 aliphatic carbocycles. The van der Waals surface area contributed by atoms with Gasteiger partial charge < -0.3 is 0 Å². The van der Waals surface area contributed by atoms with Crippen LogP contribution in [0.15, 0.2) is 67.3 Å². The van der Waals surface area contributed by atoms with Gasteiger partial charge >= 0.3 is 0 Å². The van der Waals surface area contributed by atoms with Crippen LogP contribution in [0.1, 0.15) is 30.3 Å². The molecule has 1 fully saturated rings. The lowest BCUT2D eigenvalue weighted by Crippen LogP contribution is -2.34. The van der Waals surface area contributed by atoms with Crippen molar-refractivity contribution in [2.45, 2.75) is 25.3 Å². The number of pyridine rings is 3. The van der Waals surface area contributed by atoms with Gasteiger partial charge in [0.25, 0.3) is 0 Å². The van der Waals surface area contributed by atoms with Crippen molar-refractivity contribution in [1.82, 2.24) is 29.5 Å². The molecule has 1 atom stereocenters. The average Bonchev–Trinajstić information content (AvgIpc) is 3.19. The van der Waals surface area contributed by atoms with Crippen molar-refractivity contribution in [2.75, 3.05) is 13.1 Å². The van der Waals surface area contributed by atoms with Gasteiger partial charge in [0, 0.05) is 54.9 Å². The van der Waals surface area contributed by atoms with Crippen molar-refractivity contribution >= 4 is 5.65 Å². The third-order valence-electron chi connectivity index (χ3n) is 5.32. The molecule has 0 N–H and O–H groups in total. The second kappa shape index (κ2) is 7.48. The molecule has 0 bridgehead atoms. The molecule has 0 spiro atoms. The number of likely N-dealkylation sites (tertiary alicyclic amines) is 1. The summed E-state index contributed by atoms with van der Waals surface area (Å²) in [6.07, 6.45) is 9.85. The largest absolute Gasteiger partial charge is 0.297 e. The highest BCUT2D eigenvalue weighted by molar-refractivity contribution is 5.63. The van der Waals surface area contributed by atoms with Crippen LogP contribution in [0.3, 0.4) is 0 Å². The Morgan fingerprint density at radius 3 is 2.86 bits per heavy atom. The first-order valence-electron chi connectivity index (χ1n) is 9.74. The normalized spacial score (nSPS) is 17.8. The molecule has 6 nitrogen and oxygen atoms in total. The van der Waals surface area contributed by atoms with E-state index in [1.165, 1.54) is 0 Å². The van der Waals surface area contributed by atoms with Crippen LogP contribution >= 0.6 is 0 Å². The number of nitrogens with zero attached hydrogens (tertiary/aromatic N) is 6. The Morgan fingerprint density at radius 1 is 1.00 bits per heavy atom. The smallest absolute Gasteiger partial charge is 0.156 e. The molecule has 1 saturated heterocycles. The summed E-state index contributed by atoms with van der Waals surface area (Å²) >= 11 is 0. The Labute approximate surface area is 163 Å². The van der Waals surface area contributed by atoms with Crippen molar-refractivity contribution in [3.8, 4) is 11.1 Å². The van der Waals surface area contributed by atoms with Gasteiger partial charge in [0.1, 0.15) is 0 Å². The molecule has 1 aliphatic heterocycles. The molecule has 0 amide bonds. The van der Waals surface area contributed by atoms with Gasteiger partial charge in [0.15, 0.2) is 11.5 Å². The molecule has 4 aromatic heterocycles. The molecule has 0 saturated carbocycles. The fourth-order valence-corrected chi connectivity index (χ4v) is 3.91. The third kappa shape index (κ3) is 3.51. The minimum absolute atomic E-state index is 0.360. The first kappa shape index (κ1) is 17.0. The van der Waals surface area contributed by atoms with Crippen molar-refractivity contribution in [3.05, 3.63) is 78.8 Å². The summed E-state index contributed by atoms with van der Waals surface area (Å²) in [7, 11) is 0. The van der Waals surface area contributed by atoms with E-state index in [4.69, 9.17) is 10.1 Å². The first-order chi connectivity index (χ1) is 13.8. The van der Waals surface area contributed by atoms with Crippen LogP contribution in [0.4, 0.5) is 0 Å². The number of hydrogen-bond donors (Lipinski definition) is 0. The summed E-state index contributed by atoms with van der Waals surface area (Å²) in [5.74, 6) is 1.30. The molecule has 5 heterocycles. The maximum Gasteiger partial charge on any atom is 0.156 e. The molecule has 0 aromatic carbocycles. The highest BCUT2D eigenvalue weighted by Crippen LogP contribution is 2.26. The van der Waals surface area contributed by atoms with E-state index in [1.807, 2.05) is 47.4 Å². The zero-order valence-electron chi connectivity index (χ0n) is 15.6. The zero-order chi connectivity index (χ0) is 18.8. The van der Waals surface area contributed by atoms with Crippen LogP contribution in [0.5, 0.6) is 0 Å². The Hall–Kier alpha value is -3.12. The van der Waals surface area contributed by atoms with Crippen molar-refractivity contribution in [2.24, 2.45) is 0 Å². The van der Waals surface area contributed by atoms with Gasteiger partial charge in [-0.2, -0.15) is 5.10 Å². The molecular weight excluding hydrogens is 348 g/mol. The van der Waals surface area contributed by atoms with Crippen molar-refractivity contribution in [3.63, 3.8) is 0 Å². The Morgan fingerprint density at radius 2 is 2.00 bits per heavy atom. The number of hydrogen-bond acceptors (Lipinski definition) is 5. The summed E-state index contributed by atoms with van der Waals surface area (Å²) in [5, 5.41) is 4.81. The molecule has 28 heavy (non-hydrogen) atoms. The maximum atomic E-state index is 4.81.